The minimum absolute atomic E-state index is 0.0255. The first-order valence-corrected chi connectivity index (χ1v) is 22.8. The van der Waals surface area contributed by atoms with Gasteiger partial charge in [0, 0.05) is 50.6 Å². The molecule has 4 heteroatoms. The van der Waals surface area contributed by atoms with Crippen LogP contribution >= 0.6 is 0 Å². The van der Waals surface area contributed by atoms with E-state index in [-0.39, 0.29) is 34.0 Å². The van der Waals surface area contributed by atoms with E-state index in [0.29, 0.717) is 0 Å². The third kappa shape index (κ3) is 4.33. The Labute approximate surface area is 358 Å². The minimum Gasteiger partial charge on any atom is -0.334 e. The zero-order chi connectivity index (χ0) is 41.3. The molecule has 6 aromatic carbocycles. The van der Waals surface area contributed by atoms with Crippen molar-refractivity contribution in [2.24, 2.45) is 0 Å². The van der Waals surface area contributed by atoms with E-state index >= 15 is 0 Å². The summed E-state index contributed by atoms with van der Waals surface area (Å²) in [7, 11) is 0. The number of fused-ring (bicyclic) bond motifs is 12. The molecule has 0 bridgehead atoms. The summed E-state index contributed by atoms with van der Waals surface area (Å²) in [6.07, 6.45) is 7.12. The molecule has 3 nitrogen and oxygen atoms in total. The number of anilines is 7. The lowest BCUT2D eigenvalue weighted by Crippen LogP contribution is -2.64. The van der Waals surface area contributed by atoms with Gasteiger partial charge in [0.05, 0.1) is 11.1 Å². The molecule has 6 aromatic rings. The minimum atomic E-state index is -0.285. The Morgan fingerprint density at radius 3 is 2.12 bits per heavy atom. The largest absolute Gasteiger partial charge is 0.334 e. The van der Waals surface area contributed by atoms with Gasteiger partial charge < -0.3 is 14.7 Å². The number of hydrogen-bond acceptors (Lipinski definition) is 3. The zero-order valence-electron chi connectivity index (χ0n) is 37.1. The first kappa shape index (κ1) is 36.6. The predicted octanol–water partition coefficient (Wildman–Crippen LogP) is 12.2. The van der Waals surface area contributed by atoms with Crippen molar-refractivity contribution in [3.63, 3.8) is 0 Å². The molecule has 60 heavy (non-hydrogen) atoms. The van der Waals surface area contributed by atoms with Crippen molar-refractivity contribution in [1.82, 2.24) is 0 Å². The monoisotopic (exact) mass is 783 g/mol. The third-order valence-electron chi connectivity index (χ3n) is 17.3. The van der Waals surface area contributed by atoms with Crippen LogP contribution in [0.2, 0.25) is 0 Å². The molecule has 4 aliphatic heterocycles. The van der Waals surface area contributed by atoms with E-state index in [1.165, 1.54) is 121 Å². The summed E-state index contributed by atoms with van der Waals surface area (Å²) in [4.78, 5) is 8.36. The fourth-order valence-electron chi connectivity index (χ4n) is 13.7. The molecule has 1 fully saturated rings. The second-order valence-corrected chi connectivity index (χ2v) is 21.3. The highest BCUT2D eigenvalue weighted by Gasteiger charge is 2.64. The van der Waals surface area contributed by atoms with Gasteiger partial charge in [-0.2, -0.15) is 0 Å². The standard InChI is InChI=1S/C56H58BN3/c1-35-16-14-18-39(30-35)58-47-31-36(2)22-24-44(47)57-45-21-15-20-42-51(45)60(56(9)41-19-11-10-17-37(41)26-29-54(42,56)7)49-34-40(33-48(58)50(49)57)59-46-25-23-38(52(3,4)5)32-43(46)53(6)27-12-13-28-55(53,59)8/h10-11,14-25,30-34H,12-13,26-29H2,1-9H3. The number of benzene rings is 6. The first-order valence-electron chi connectivity index (χ1n) is 22.8. The Kier molecular flexibility index (Phi) is 7.19. The van der Waals surface area contributed by atoms with Crippen molar-refractivity contribution in [3.8, 4) is 0 Å². The molecule has 2 aliphatic carbocycles. The summed E-state index contributed by atoms with van der Waals surface area (Å²) >= 11 is 0. The van der Waals surface area contributed by atoms with Crippen LogP contribution in [0.3, 0.4) is 0 Å². The molecule has 4 unspecified atom stereocenters. The van der Waals surface area contributed by atoms with Gasteiger partial charge >= 0.3 is 0 Å². The lowest BCUT2D eigenvalue weighted by molar-refractivity contribution is 0.195. The number of hydrogen-bond donors (Lipinski definition) is 0. The van der Waals surface area contributed by atoms with E-state index < -0.39 is 0 Å². The van der Waals surface area contributed by atoms with E-state index in [9.17, 15) is 0 Å². The molecule has 4 heterocycles. The highest BCUT2D eigenvalue weighted by Crippen LogP contribution is 2.66. The maximum atomic E-state index is 2.88. The Bertz CT molecular complexity index is 2850. The fraction of sp³-hybridized carbons (Fsp3) is 0.357. The summed E-state index contributed by atoms with van der Waals surface area (Å²) in [6, 6.07) is 46.0. The van der Waals surface area contributed by atoms with Crippen LogP contribution in [0.15, 0.2) is 115 Å². The SMILES string of the molecule is Cc1cccc(N2c3cc(C)ccc3B3c4cccc5c4N(c4cc(N6c7ccc(C(C)(C)C)cc7C7(C)CCCCC67C)cc2c43)C2(C)c3ccccc3CCC52C)c1. The topological polar surface area (TPSA) is 9.72 Å². The van der Waals surface area contributed by atoms with Crippen molar-refractivity contribution in [1.29, 1.82) is 0 Å². The van der Waals surface area contributed by atoms with Gasteiger partial charge in [0.1, 0.15) is 0 Å². The van der Waals surface area contributed by atoms with E-state index in [1.54, 1.807) is 0 Å². The van der Waals surface area contributed by atoms with Gasteiger partial charge in [0.25, 0.3) is 6.71 Å². The van der Waals surface area contributed by atoms with Crippen LogP contribution in [-0.4, -0.2) is 12.3 Å². The molecule has 0 saturated heterocycles. The van der Waals surface area contributed by atoms with Crippen molar-refractivity contribution in [3.05, 3.63) is 154 Å². The average Bonchev–Trinajstić information content (AvgIpc) is 3.57. The van der Waals surface area contributed by atoms with Gasteiger partial charge in [0.15, 0.2) is 0 Å². The predicted molar refractivity (Wildman–Crippen MR) is 255 cm³/mol. The van der Waals surface area contributed by atoms with Crippen molar-refractivity contribution in [2.75, 3.05) is 14.7 Å². The van der Waals surface area contributed by atoms with Crippen LogP contribution in [-0.2, 0) is 28.2 Å². The molecule has 12 rings (SSSR count). The summed E-state index contributed by atoms with van der Waals surface area (Å²) < 4.78 is 0. The Balaban J connectivity index is 1.22. The zero-order valence-corrected chi connectivity index (χ0v) is 37.1. The van der Waals surface area contributed by atoms with Crippen LogP contribution in [0.4, 0.5) is 39.8 Å². The number of rotatable bonds is 2. The van der Waals surface area contributed by atoms with Crippen molar-refractivity contribution >= 4 is 62.9 Å². The molecular weight excluding hydrogens is 725 g/mol. The van der Waals surface area contributed by atoms with Gasteiger partial charge in [-0.25, -0.2) is 0 Å². The van der Waals surface area contributed by atoms with Gasteiger partial charge in [-0.05, 0) is 151 Å². The average molecular weight is 784 g/mol. The summed E-state index contributed by atoms with van der Waals surface area (Å²) in [5.41, 5.74) is 23.3. The van der Waals surface area contributed by atoms with E-state index in [2.05, 4.69) is 192 Å². The van der Waals surface area contributed by atoms with Gasteiger partial charge in [-0.3, -0.25) is 0 Å². The summed E-state index contributed by atoms with van der Waals surface area (Å²) in [5.74, 6) is 0. The van der Waals surface area contributed by atoms with Crippen LogP contribution < -0.4 is 31.1 Å². The van der Waals surface area contributed by atoms with E-state index in [4.69, 9.17) is 0 Å². The van der Waals surface area contributed by atoms with Crippen molar-refractivity contribution in [2.45, 2.75) is 128 Å². The molecule has 4 atom stereocenters. The number of aryl methyl sites for hydroxylation is 3. The van der Waals surface area contributed by atoms with Crippen molar-refractivity contribution < 1.29 is 0 Å². The second kappa shape index (κ2) is 11.8. The van der Waals surface area contributed by atoms with Gasteiger partial charge in [0.2, 0.25) is 0 Å². The molecule has 1 saturated carbocycles. The number of para-hydroxylation sites is 1. The molecule has 0 spiro atoms. The number of nitrogens with zero attached hydrogens (tertiary/aromatic N) is 3. The molecule has 300 valence electrons. The highest BCUT2D eigenvalue weighted by atomic mass is 15.3. The lowest BCUT2D eigenvalue weighted by Gasteiger charge is -2.54. The smallest absolute Gasteiger partial charge is 0.252 e. The van der Waals surface area contributed by atoms with Crippen LogP contribution in [0, 0.1) is 13.8 Å². The quantitative estimate of drug-likeness (QED) is 0.162. The van der Waals surface area contributed by atoms with Gasteiger partial charge in [-0.15, -0.1) is 0 Å². The maximum Gasteiger partial charge on any atom is 0.252 e. The lowest BCUT2D eigenvalue weighted by atomic mass is 9.33. The molecule has 0 aromatic heterocycles. The Hall–Kier alpha value is -5.22. The Morgan fingerprint density at radius 2 is 1.30 bits per heavy atom. The molecular formula is C56H58BN3. The summed E-state index contributed by atoms with van der Waals surface area (Å²) in [5, 5.41) is 0. The first-order chi connectivity index (χ1) is 28.7. The Morgan fingerprint density at radius 1 is 0.550 bits per heavy atom. The molecule has 0 amide bonds. The summed E-state index contributed by atoms with van der Waals surface area (Å²) in [6.45, 7) is 22.1. The van der Waals surface area contributed by atoms with E-state index in [0.717, 1.165) is 12.8 Å². The molecule has 0 radical (unpaired) electrons. The normalized spacial score (nSPS) is 26.5. The van der Waals surface area contributed by atoms with E-state index in [1.807, 2.05) is 0 Å². The molecule has 6 aliphatic rings. The van der Waals surface area contributed by atoms with Gasteiger partial charge in [-0.1, -0.05) is 126 Å². The maximum absolute atomic E-state index is 2.88. The van der Waals surface area contributed by atoms with Crippen LogP contribution in [0.1, 0.15) is 120 Å². The second-order valence-electron chi connectivity index (χ2n) is 21.3. The fourth-order valence-corrected chi connectivity index (χ4v) is 13.7. The van der Waals surface area contributed by atoms with Crippen LogP contribution in [0.25, 0.3) is 0 Å². The highest BCUT2D eigenvalue weighted by molar-refractivity contribution is 7.00. The van der Waals surface area contributed by atoms with Crippen LogP contribution in [0.5, 0.6) is 0 Å². The third-order valence-corrected chi connectivity index (χ3v) is 17.3. The molecule has 0 N–H and O–H groups in total.